The van der Waals surface area contributed by atoms with Crippen LogP contribution in [0.4, 0.5) is 0 Å². The van der Waals surface area contributed by atoms with Crippen LogP contribution in [0.25, 0.3) is 0 Å². The number of nitrogens with one attached hydrogen (secondary N) is 1. The van der Waals surface area contributed by atoms with E-state index in [0.717, 1.165) is 12.8 Å². The normalized spacial score (nSPS) is 24.9. The van der Waals surface area contributed by atoms with Crippen molar-refractivity contribution in [3.8, 4) is 0 Å². The van der Waals surface area contributed by atoms with Crippen molar-refractivity contribution >= 4 is 5.91 Å². The van der Waals surface area contributed by atoms with Gasteiger partial charge in [0, 0.05) is 25.5 Å². The zero-order chi connectivity index (χ0) is 13.7. The lowest BCUT2D eigenvalue weighted by Crippen LogP contribution is -2.38. The molecule has 2 N–H and O–H groups in total. The maximum absolute atomic E-state index is 12.0. The monoisotopic (exact) mass is 265 g/mol. The molecular weight excluding hydrogens is 242 g/mol. The van der Waals surface area contributed by atoms with Crippen LogP contribution in [-0.2, 0) is 4.79 Å². The average molecular weight is 265 g/mol. The molecule has 5 nitrogen and oxygen atoms in total. The first kappa shape index (κ1) is 14.1. The number of hydrogen-bond acceptors (Lipinski definition) is 3. The van der Waals surface area contributed by atoms with Gasteiger partial charge in [-0.05, 0) is 37.7 Å². The second-order valence-corrected chi connectivity index (χ2v) is 5.39. The van der Waals surface area contributed by atoms with E-state index in [-0.39, 0.29) is 18.6 Å². The van der Waals surface area contributed by atoms with Gasteiger partial charge in [0.2, 0.25) is 5.91 Å². The standard InChI is InChI=1S/C14H23N3O2/c1-11(17-8-4-7-16-17)14(19)15-9-12-5-2-3-6-13(12)10-18/h4,7-8,11-13,18H,2-3,5-6,9-10H2,1H3,(H,15,19). The first-order chi connectivity index (χ1) is 9.22. The highest BCUT2D eigenvalue weighted by Crippen LogP contribution is 2.29. The first-order valence-electron chi connectivity index (χ1n) is 7.10. The third kappa shape index (κ3) is 3.56. The molecule has 0 radical (unpaired) electrons. The van der Waals surface area contributed by atoms with Gasteiger partial charge in [0.1, 0.15) is 6.04 Å². The second-order valence-electron chi connectivity index (χ2n) is 5.39. The van der Waals surface area contributed by atoms with Crippen LogP contribution in [0.3, 0.4) is 0 Å². The first-order valence-corrected chi connectivity index (χ1v) is 7.10. The van der Waals surface area contributed by atoms with Crippen molar-refractivity contribution in [1.29, 1.82) is 0 Å². The van der Waals surface area contributed by atoms with Gasteiger partial charge in [-0.1, -0.05) is 12.8 Å². The van der Waals surface area contributed by atoms with E-state index in [1.807, 2.05) is 13.0 Å². The smallest absolute Gasteiger partial charge is 0.244 e. The van der Waals surface area contributed by atoms with Crippen LogP contribution >= 0.6 is 0 Å². The topological polar surface area (TPSA) is 67.2 Å². The lowest BCUT2D eigenvalue weighted by Gasteiger charge is -2.30. The van der Waals surface area contributed by atoms with Crippen LogP contribution in [0.2, 0.25) is 0 Å². The van der Waals surface area contributed by atoms with Crippen LogP contribution in [0.1, 0.15) is 38.6 Å². The number of rotatable bonds is 5. The summed E-state index contributed by atoms with van der Waals surface area (Å²) in [6, 6.07) is 1.53. The summed E-state index contributed by atoms with van der Waals surface area (Å²) < 4.78 is 1.65. The molecule has 1 saturated carbocycles. The number of amides is 1. The zero-order valence-corrected chi connectivity index (χ0v) is 11.5. The summed E-state index contributed by atoms with van der Waals surface area (Å²) in [5.41, 5.74) is 0. The fraction of sp³-hybridized carbons (Fsp3) is 0.714. The number of carbonyl (C=O) groups excluding carboxylic acids is 1. The molecule has 0 bridgehead atoms. The van der Waals surface area contributed by atoms with Gasteiger partial charge in [-0.15, -0.1) is 0 Å². The van der Waals surface area contributed by atoms with E-state index in [0.29, 0.717) is 18.4 Å². The van der Waals surface area contributed by atoms with Gasteiger partial charge in [0.25, 0.3) is 0 Å². The molecule has 0 saturated heterocycles. The molecular formula is C14H23N3O2. The molecule has 3 atom stereocenters. The Bertz CT molecular complexity index is 391. The number of hydrogen-bond donors (Lipinski definition) is 2. The molecule has 106 valence electrons. The Labute approximate surface area is 114 Å². The summed E-state index contributed by atoms with van der Waals surface area (Å²) in [4.78, 5) is 12.0. The van der Waals surface area contributed by atoms with Crippen molar-refractivity contribution in [1.82, 2.24) is 15.1 Å². The quantitative estimate of drug-likeness (QED) is 0.844. The average Bonchev–Trinajstić information content (AvgIpc) is 2.98. The van der Waals surface area contributed by atoms with Crippen LogP contribution < -0.4 is 5.32 Å². The van der Waals surface area contributed by atoms with E-state index < -0.39 is 0 Å². The predicted octanol–water partition coefficient (Wildman–Crippen LogP) is 1.36. The molecule has 1 aromatic heterocycles. The lowest BCUT2D eigenvalue weighted by atomic mass is 9.79. The van der Waals surface area contributed by atoms with Crippen LogP contribution in [0.15, 0.2) is 18.5 Å². The summed E-state index contributed by atoms with van der Waals surface area (Å²) in [5, 5.41) is 16.4. The van der Waals surface area contributed by atoms with Gasteiger partial charge in [-0.3, -0.25) is 9.48 Å². The second kappa shape index (κ2) is 6.70. The third-order valence-corrected chi connectivity index (χ3v) is 4.14. The molecule has 1 amide bonds. The number of aliphatic hydroxyl groups excluding tert-OH is 1. The van der Waals surface area contributed by atoms with Crippen LogP contribution in [0, 0.1) is 11.8 Å². The van der Waals surface area contributed by atoms with Crippen molar-refractivity contribution in [2.75, 3.05) is 13.2 Å². The number of carbonyl (C=O) groups is 1. The van der Waals surface area contributed by atoms with E-state index in [1.54, 1.807) is 17.1 Å². The van der Waals surface area contributed by atoms with Crippen LogP contribution in [0.5, 0.6) is 0 Å². The predicted molar refractivity (Wildman–Crippen MR) is 72.5 cm³/mol. The Morgan fingerprint density at radius 1 is 1.47 bits per heavy atom. The minimum Gasteiger partial charge on any atom is -0.396 e. The maximum atomic E-state index is 12.0. The van der Waals surface area contributed by atoms with Gasteiger partial charge in [0.15, 0.2) is 0 Å². The highest BCUT2D eigenvalue weighted by Gasteiger charge is 2.25. The van der Waals surface area contributed by atoms with E-state index >= 15 is 0 Å². The molecule has 5 heteroatoms. The zero-order valence-electron chi connectivity index (χ0n) is 11.5. The minimum atomic E-state index is -0.286. The SMILES string of the molecule is CC(C(=O)NCC1CCCCC1CO)n1cccn1. The highest BCUT2D eigenvalue weighted by atomic mass is 16.3. The Morgan fingerprint density at radius 2 is 2.21 bits per heavy atom. The van der Waals surface area contributed by atoms with Crippen molar-refractivity contribution in [3.63, 3.8) is 0 Å². The molecule has 0 aliphatic heterocycles. The Kier molecular flexibility index (Phi) is 4.96. The van der Waals surface area contributed by atoms with E-state index in [1.165, 1.54) is 12.8 Å². The molecule has 1 aliphatic carbocycles. The van der Waals surface area contributed by atoms with Crippen molar-refractivity contribution in [3.05, 3.63) is 18.5 Å². The Hall–Kier alpha value is -1.36. The fourth-order valence-electron chi connectivity index (χ4n) is 2.80. The van der Waals surface area contributed by atoms with Crippen molar-refractivity contribution < 1.29 is 9.90 Å². The summed E-state index contributed by atoms with van der Waals surface area (Å²) in [5.74, 6) is 0.743. The maximum Gasteiger partial charge on any atom is 0.244 e. The molecule has 19 heavy (non-hydrogen) atoms. The third-order valence-electron chi connectivity index (χ3n) is 4.14. The Balaban J connectivity index is 1.82. The van der Waals surface area contributed by atoms with Gasteiger partial charge < -0.3 is 10.4 Å². The van der Waals surface area contributed by atoms with Crippen molar-refractivity contribution in [2.45, 2.75) is 38.6 Å². The fourth-order valence-corrected chi connectivity index (χ4v) is 2.80. The summed E-state index contributed by atoms with van der Waals surface area (Å²) >= 11 is 0. The molecule has 1 aromatic rings. The van der Waals surface area contributed by atoms with Gasteiger partial charge in [-0.2, -0.15) is 5.10 Å². The Morgan fingerprint density at radius 3 is 2.84 bits per heavy atom. The number of aliphatic hydroxyl groups is 1. The summed E-state index contributed by atoms with van der Waals surface area (Å²) in [6.07, 6.45) is 8.03. The minimum absolute atomic E-state index is 0.00837. The van der Waals surface area contributed by atoms with Crippen LogP contribution in [-0.4, -0.2) is 33.9 Å². The molecule has 3 unspecified atom stereocenters. The van der Waals surface area contributed by atoms with E-state index in [9.17, 15) is 9.90 Å². The van der Waals surface area contributed by atoms with Gasteiger partial charge in [-0.25, -0.2) is 0 Å². The molecule has 0 aromatic carbocycles. The largest absolute Gasteiger partial charge is 0.396 e. The molecule has 0 spiro atoms. The van der Waals surface area contributed by atoms with Gasteiger partial charge >= 0.3 is 0 Å². The lowest BCUT2D eigenvalue weighted by molar-refractivity contribution is -0.124. The van der Waals surface area contributed by atoms with E-state index in [4.69, 9.17) is 0 Å². The molecule has 1 fully saturated rings. The molecule has 2 rings (SSSR count). The highest BCUT2D eigenvalue weighted by molar-refractivity contribution is 5.79. The number of aromatic nitrogens is 2. The van der Waals surface area contributed by atoms with Gasteiger partial charge in [0.05, 0.1) is 0 Å². The molecule has 1 aliphatic rings. The molecule has 1 heterocycles. The summed E-state index contributed by atoms with van der Waals surface area (Å²) in [6.45, 7) is 2.73. The van der Waals surface area contributed by atoms with Crippen molar-refractivity contribution in [2.24, 2.45) is 11.8 Å². The summed E-state index contributed by atoms with van der Waals surface area (Å²) in [7, 11) is 0. The number of nitrogens with zero attached hydrogens (tertiary/aromatic N) is 2. The van der Waals surface area contributed by atoms with E-state index in [2.05, 4.69) is 10.4 Å².